The Morgan fingerprint density at radius 1 is 1.50 bits per heavy atom. The van der Waals surface area contributed by atoms with Gasteiger partial charge in [0.2, 0.25) is 5.91 Å². The van der Waals surface area contributed by atoms with Gasteiger partial charge in [-0.05, 0) is 18.1 Å². The topological polar surface area (TPSA) is 58.4 Å². The van der Waals surface area contributed by atoms with Gasteiger partial charge in [0.15, 0.2) is 0 Å². The van der Waals surface area contributed by atoms with Crippen LogP contribution < -0.4 is 16.0 Å². The largest absolute Gasteiger partial charge is 0.373 e. The number of nitrogens with two attached hydrogens (primary N) is 1. The van der Waals surface area contributed by atoms with Crippen molar-refractivity contribution in [2.45, 2.75) is 19.9 Å². The molecule has 1 aromatic rings. The molecular weight excluding hydrogens is 250 g/mol. The van der Waals surface area contributed by atoms with Gasteiger partial charge in [-0.1, -0.05) is 25.4 Å². The van der Waals surface area contributed by atoms with E-state index in [4.69, 9.17) is 17.3 Å². The van der Waals surface area contributed by atoms with E-state index < -0.39 is 6.04 Å². The fourth-order valence-corrected chi connectivity index (χ4v) is 2.55. The molecule has 0 bridgehead atoms. The van der Waals surface area contributed by atoms with E-state index >= 15 is 0 Å². The predicted octanol–water partition coefficient (Wildman–Crippen LogP) is 2.38. The first-order valence-electron chi connectivity index (χ1n) is 6.01. The summed E-state index contributed by atoms with van der Waals surface area (Å²) in [5.41, 5.74) is 8.23. The number of fused-ring (bicyclic) bond motifs is 1. The highest BCUT2D eigenvalue weighted by molar-refractivity contribution is 6.33. The normalized spacial score (nSPS) is 17.9. The Bertz CT molecular complexity index is 487. The molecule has 0 radical (unpaired) electrons. The first-order valence-corrected chi connectivity index (χ1v) is 6.39. The molecule has 0 saturated carbocycles. The zero-order valence-corrected chi connectivity index (χ0v) is 11.6. The molecule has 18 heavy (non-hydrogen) atoms. The maximum atomic E-state index is 11.5. The number of halogens is 1. The monoisotopic (exact) mass is 267 g/mol. The van der Waals surface area contributed by atoms with Gasteiger partial charge in [0.05, 0.1) is 10.7 Å². The number of anilines is 2. The first kappa shape index (κ1) is 13.2. The third-order valence-electron chi connectivity index (χ3n) is 3.04. The van der Waals surface area contributed by atoms with Crippen LogP contribution in [0.2, 0.25) is 5.02 Å². The molecule has 98 valence electrons. The summed E-state index contributed by atoms with van der Waals surface area (Å²) in [4.78, 5) is 13.6. The van der Waals surface area contributed by atoms with Crippen molar-refractivity contribution in [2.24, 2.45) is 11.7 Å². The molecule has 1 aromatic carbocycles. The van der Waals surface area contributed by atoms with Gasteiger partial charge >= 0.3 is 0 Å². The first-order chi connectivity index (χ1) is 8.40. The van der Waals surface area contributed by atoms with Crippen LogP contribution in [0.25, 0.3) is 0 Å². The Balaban J connectivity index is 2.35. The molecule has 1 unspecified atom stereocenters. The van der Waals surface area contributed by atoms with E-state index in [-0.39, 0.29) is 5.91 Å². The van der Waals surface area contributed by atoms with E-state index in [9.17, 15) is 4.79 Å². The molecule has 0 spiro atoms. The quantitative estimate of drug-likeness (QED) is 0.884. The lowest BCUT2D eigenvalue weighted by molar-refractivity contribution is -0.116. The average Bonchev–Trinajstić information content (AvgIpc) is 2.53. The molecule has 0 aliphatic carbocycles. The minimum Gasteiger partial charge on any atom is -0.373 e. The number of benzene rings is 1. The highest BCUT2D eigenvalue weighted by Gasteiger charge is 2.28. The van der Waals surface area contributed by atoms with E-state index in [0.29, 0.717) is 10.9 Å². The minimum absolute atomic E-state index is 0.176. The average molecular weight is 268 g/mol. The smallest absolute Gasteiger partial charge is 0.245 e. The summed E-state index contributed by atoms with van der Waals surface area (Å²) in [7, 11) is 1.99. The summed E-state index contributed by atoms with van der Waals surface area (Å²) in [6.45, 7) is 5.20. The van der Waals surface area contributed by atoms with Gasteiger partial charge in [0.25, 0.3) is 0 Å². The lowest BCUT2D eigenvalue weighted by Crippen LogP contribution is -2.22. The van der Waals surface area contributed by atoms with Gasteiger partial charge in [-0.3, -0.25) is 4.79 Å². The second-order valence-electron chi connectivity index (χ2n) is 5.13. The summed E-state index contributed by atoms with van der Waals surface area (Å²) < 4.78 is 0. The van der Waals surface area contributed by atoms with Gasteiger partial charge in [-0.15, -0.1) is 0 Å². The van der Waals surface area contributed by atoms with Crippen molar-refractivity contribution >= 4 is 28.9 Å². The van der Waals surface area contributed by atoms with Crippen molar-refractivity contribution in [2.75, 3.05) is 23.8 Å². The third kappa shape index (κ3) is 2.31. The number of carbonyl (C=O) groups excluding carboxylic acids is 1. The van der Waals surface area contributed by atoms with E-state index in [2.05, 4.69) is 24.1 Å². The lowest BCUT2D eigenvalue weighted by Gasteiger charge is -2.23. The highest BCUT2D eigenvalue weighted by Crippen LogP contribution is 2.37. The Morgan fingerprint density at radius 3 is 2.78 bits per heavy atom. The molecule has 0 saturated heterocycles. The van der Waals surface area contributed by atoms with Crippen LogP contribution in [0, 0.1) is 5.92 Å². The van der Waals surface area contributed by atoms with Crippen molar-refractivity contribution in [1.29, 1.82) is 0 Å². The van der Waals surface area contributed by atoms with Crippen molar-refractivity contribution in [3.05, 3.63) is 22.7 Å². The number of nitrogens with zero attached hydrogens (tertiary/aromatic N) is 1. The molecule has 0 aromatic heterocycles. The van der Waals surface area contributed by atoms with Crippen LogP contribution in [-0.2, 0) is 4.79 Å². The Labute approximate surface area is 112 Å². The molecule has 1 amide bonds. The molecule has 4 nitrogen and oxygen atoms in total. The van der Waals surface area contributed by atoms with E-state index in [1.807, 2.05) is 13.1 Å². The fourth-order valence-electron chi connectivity index (χ4n) is 2.23. The van der Waals surface area contributed by atoms with Crippen molar-refractivity contribution in [3.63, 3.8) is 0 Å². The maximum absolute atomic E-state index is 11.5. The van der Waals surface area contributed by atoms with Gasteiger partial charge in [0, 0.05) is 24.8 Å². The van der Waals surface area contributed by atoms with Crippen molar-refractivity contribution in [1.82, 2.24) is 0 Å². The van der Waals surface area contributed by atoms with Gasteiger partial charge in [-0.2, -0.15) is 0 Å². The Kier molecular flexibility index (Phi) is 3.50. The van der Waals surface area contributed by atoms with Gasteiger partial charge < -0.3 is 16.0 Å². The maximum Gasteiger partial charge on any atom is 0.245 e. The van der Waals surface area contributed by atoms with Crippen LogP contribution in [0.3, 0.4) is 0 Å². The van der Waals surface area contributed by atoms with Gasteiger partial charge in [0.1, 0.15) is 6.04 Å². The third-order valence-corrected chi connectivity index (χ3v) is 3.35. The van der Waals surface area contributed by atoms with Crippen LogP contribution in [-0.4, -0.2) is 19.5 Å². The summed E-state index contributed by atoms with van der Waals surface area (Å²) in [5, 5.41) is 3.40. The zero-order chi connectivity index (χ0) is 13.4. The van der Waals surface area contributed by atoms with Crippen molar-refractivity contribution < 1.29 is 4.79 Å². The molecule has 1 aliphatic rings. The highest BCUT2D eigenvalue weighted by atomic mass is 35.5. The summed E-state index contributed by atoms with van der Waals surface area (Å²) in [6.07, 6.45) is 0. The second kappa shape index (κ2) is 4.78. The number of amides is 1. The van der Waals surface area contributed by atoms with E-state index in [0.717, 1.165) is 23.5 Å². The summed E-state index contributed by atoms with van der Waals surface area (Å²) in [5.74, 6) is 0.362. The van der Waals surface area contributed by atoms with Crippen LogP contribution in [0.5, 0.6) is 0 Å². The van der Waals surface area contributed by atoms with E-state index in [1.165, 1.54) is 0 Å². The van der Waals surface area contributed by atoms with Crippen LogP contribution in [0.1, 0.15) is 25.5 Å². The molecule has 5 heteroatoms. The van der Waals surface area contributed by atoms with Crippen LogP contribution in [0.15, 0.2) is 12.1 Å². The number of hydrogen-bond donors (Lipinski definition) is 2. The molecule has 3 N–H and O–H groups in total. The number of carbonyl (C=O) groups is 1. The molecule has 0 fully saturated rings. The molecule has 1 aliphatic heterocycles. The Hall–Kier alpha value is -1.26. The number of rotatable bonds is 3. The fraction of sp³-hybridized carbons (Fsp3) is 0.462. The van der Waals surface area contributed by atoms with E-state index in [1.54, 1.807) is 6.07 Å². The van der Waals surface area contributed by atoms with Crippen LogP contribution in [0.4, 0.5) is 11.4 Å². The Morgan fingerprint density at radius 2 is 2.17 bits per heavy atom. The van der Waals surface area contributed by atoms with Crippen LogP contribution >= 0.6 is 11.6 Å². The molecule has 2 rings (SSSR count). The molecule has 1 atom stereocenters. The minimum atomic E-state index is -0.609. The standard InChI is InChI=1S/C13H18ClN3O/c1-7(2)6-17(3)11-5-10-8(4-9(11)14)12(15)13(18)16-10/h4-5,7,12H,6,15H2,1-3H3,(H,16,18). The van der Waals surface area contributed by atoms with Crippen molar-refractivity contribution in [3.8, 4) is 0 Å². The SMILES string of the molecule is CC(C)CN(C)c1cc2c(cc1Cl)C(N)C(=O)N2. The number of nitrogens with one attached hydrogen (secondary N) is 1. The lowest BCUT2D eigenvalue weighted by atomic mass is 10.1. The van der Waals surface area contributed by atoms with Gasteiger partial charge in [-0.25, -0.2) is 0 Å². The second-order valence-corrected chi connectivity index (χ2v) is 5.54. The molecule has 1 heterocycles. The predicted molar refractivity (Wildman–Crippen MR) is 75.1 cm³/mol. The number of hydrogen-bond acceptors (Lipinski definition) is 3. The zero-order valence-electron chi connectivity index (χ0n) is 10.8. The summed E-state index contributed by atoms with van der Waals surface area (Å²) in [6, 6.07) is 3.07. The summed E-state index contributed by atoms with van der Waals surface area (Å²) >= 11 is 6.26. The molecular formula is C13H18ClN3O.